The maximum absolute atomic E-state index is 11.5. The Morgan fingerprint density at radius 3 is 2.00 bits per heavy atom. The zero-order chi connectivity index (χ0) is 12.1. The van der Waals surface area contributed by atoms with Crippen LogP contribution in [0.15, 0.2) is 41.9 Å². The quantitative estimate of drug-likeness (QED) is 0.610. The van der Waals surface area contributed by atoms with Crippen molar-refractivity contribution in [3.05, 3.63) is 41.9 Å². The number of rotatable bonds is 4. The molecule has 0 spiro atoms. The Hall–Kier alpha value is -1.31. The van der Waals surface area contributed by atoms with E-state index >= 15 is 0 Å². The molecule has 0 saturated carbocycles. The summed E-state index contributed by atoms with van der Waals surface area (Å²) in [4.78, 5) is 24.7. The van der Waals surface area contributed by atoms with E-state index in [0.717, 1.165) is 4.46 Å². The third-order valence-corrected chi connectivity index (χ3v) is 6.49. The van der Waals surface area contributed by atoms with E-state index in [-0.39, 0.29) is 11.6 Å². The summed E-state index contributed by atoms with van der Waals surface area (Å²) in [6.07, 6.45) is 0. The molecule has 1 aromatic carbocycles. The number of carbonyl (C=O) groups excluding carboxylic acids is 2. The Balaban J connectivity index is 3.44. The van der Waals surface area contributed by atoms with Gasteiger partial charge >= 0.3 is 99.2 Å². The van der Waals surface area contributed by atoms with Gasteiger partial charge in [0.15, 0.2) is 0 Å². The van der Waals surface area contributed by atoms with Crippen LogP contribution in [0.3, 0.4) is 0 Å². The van der Waals surface area contributed by atoms with E-state index < -0.39 is 13.5 Å². The second-order valence-electron chi connectivity index (χ2n) is 3.26. The minimum atomic E-state index is -1.67. The molecule has 84 valence electrons. The van der Waals surface area contributed by atoms with Crippen LogP contribution in [0.2, 0.25) is 0 Å². The monoisotopic (exact) mass is 282 g/mol. The van der Waals surface area contributed by atoms with Gasteiger partial charge in [0.1, 0.15) is 0 Å². The van der Waals surface area contributed by atoms with Crippen molar-refractivity contribution in [1.82, 2.24) is 0 Å². The first-order chi connectivity index (χ1) is 7.57. The Bertz CT molecular complexity index is 442. The molecule has 1 aromatic rings. The van der Waals surface area contributed by atoms with Gasteiger partial charge in [-0.05, 0) is 0 Å². The normalized spacial score (nSPS) is 11.6. The van der Waals surface area contributed by atoms with Gasteiger partial charge in [0.25, 0.3) is 0 Å². The Morgan fingerprint density at radius 2 is 1.62 bits per heavy atom. The molecule has 0 aliphatic rings. The molecule has 0 saturated heterocycles. The second kappa shape index (κ2) is 5.69. The van der Waals surface area contributed by atoms with Crippen LogP contribution in [0.4, 0.5) is 0 Å². The van der Waals surface area contributed by atoms with Crippen LogP contribution in [0, 0.1) is 0 Å². The Morgan fingerprint density at radius 1 is 1.12 bits per heavy atom. The fourth-order valence-corrected chi connectivity index (χ4v) is 4.91. The molecular weight excluding hydrogens is 267 g/mol. The standard InChI is InChI=1S/C13H14O2Se/c1-4-16(12-8-6-5-7-9-12)13(10(2)14)11(3)15/h4-9H,1H2,2-3H3. The summed E-state index contributed by atoms with van der Waals surface area (Å²) in [7, 11) is 0. The van der Waals surface area contributed by atoms with Gasteiger partial charge in [-0.3, -0.25) is 0 Å². The van der Waals surface area contributed by atoms with Gasteiger partial charge in [0.05, 0.1) is 0 Å². The third-order valence-electron chi connectivity index (χ3n) is 2.02. The van der Waals surface area contributed by atoms with E-state index in [1.54, 1.807) is 4.97 Å². The van der Waals surface area contributed by atoms with Crippen LogP contribution in [0.25, 0.3) is 0 Å². The Kier molecular flexibility index (Phi) is 4.53. The van der Waals surface area contributed by atoms with Gasteiger partial charge in [-0.1, -0.05) is 0 Å². The maximum atomic E-state index is 11.5. The van der Waals surface area contributed by atoms with Gasteiger partial charge in [-0.2, -0.15) is 0 Å². The number of benzene rings is 1. The molecule has 0 aliphatic heterocycles. The summed E-state index contributed by atoms with van der Waals surface area (Å²) in [6.45, 7) is 6.64. The predicted molar refractivity (Wildman–Crippen MR) is 68.4 cm³/mol. The first kappa shape index (κ1) is 12.8. The van der Waals surface area contributed by atoms with E-state index in [4.69, 9.17) is 0 Å². The van der Waals surface area contributed by atoms with Crippen molar-refractivity contribution in [2.45, 2.75) is 13.8 Å². The van der Waals surface area contributed by atoms with Gasteiger partial charge in [0.2, 0.25) is 0 Å². The van der Waals surface area contributed by atoms with Gasteiger partial charge in [-0.25, -0.2) is 0 Å². The topological polar surface area (TPSA) is 34.1 Å². The van der Waals surface area contributed by atoms with Crippen molar-refractivity contribution in [2.75, 3.05) is 0 Å². The molecule has 1 unspecified atom stereocenters. The summed E-state index contributed by atoms with van der Waals surface area (Å²) in [6, 6.07) is 9.62. The molecule has 3 heteroatoms. The molecule has 16 heavy (non-hydrogen) atoms. The molecule has 0 fully saturated rings. The molecule has 1 rings (SSSR count). The number of Topliss-reactive ketones (excluding diaryl/α,β-unsaturated/α-hetero) is 2. The zero-order valence-electron chi connectivity index (χ0n) is 9.40. The average molecular weight is 281 g/mol. The molecule has 0 radical (unpaired) electrons. The van der Waals surface area contributed by atoms with Crippen LogP contribution >= 0.6 is 0 Å². The van der Waals surface area contributed by atoms with E-state index in [0.29, 0.717) is 4.42 Å². The zero-order valence-corrected chi connectivity index (χ0v) is 11.1. The fraction of sp³-hybridized carbons (Fsp3) is 0.154. The van der Waals surface area contributed by atoms with Crippen molar-refractivity contribution in [1.29, 1.82) is 0 Å². The average Bonchev–Trinajstić information content (AvgIpc) is 2.25. The second-order valence-corrected chi connectivity index (χ2v) is 7.22. The molecule has 0 aliphatic carbocycles. The Labute approximate surface area is 99.4 Å². The van der Waals surface area contributed by atoms with E-state index in [9.17, 15) is 9.59 Å². The molecule has 2 nitrogen and oxygen atoms in total. The molecule has 0 bridgehead atoms. The summed E-state index contributed by atoms with van der Waals surface area (Å²) in [5, 5.41) is 0. The van der Waals surface area contributed by atoms with Crippen LogP contribution < -0.4 is 4.46 Å². The van der Waals surface area contributed by atoms with Crippen molar-refractivity contribution in [3.63, 3.8) is 0 Å². The summed E-state index contributed by atoms with van der Waals surface area (Å²) in [5.41, 5.74) is 0. The van der Waals surface area contributed by atoms with Crippen molar-refractivity contribution in [2.24, 2.45) is 0 Å². The minimum absolute atomic E-state index is 0.138. The van der Waals surface area contributed by atoms with Crippen LogP contribution in [-0.2, 0) is 9.59 Å². The molecular formula is C13H14O2Se. The molecule has 1 atom stereocenters. The van der Waals surface area contributed by atoms with Crippen LogP contribution in [0.1, 0.15) is 13.8 Å². The summed E-state index contributed by atoms with van der Waals surface area (Å²) < 4.78 is 1.46. The van der Waals surface area contributed by atoms with Crippen molar-refractivity contribution in [3.8, 4) is 0 Å². The molecule has 0 heterocycles. The first-order valence-corrected chi connectivity index (χ1v) is 7.57. The van der Waals surface area contributed by atoms with Crippen LogP contribution in [-0.4, -0.2) is 29.4 Å². The predicted octanol–water partition coefficient (Wildman–Crippen LogP) is 1.05. The van der Waals surface area contributed by atoms with Gasteiger partial charge in [0, 0.05) is 0 Å². The van der Waals surface area contributed by atoms with E-state index in [1.807, 2.05) is 30.3 Å². The third kappa shape index (κ3) is 2.84. The summed E-state index contributed by atoms with van der Waals surface area (Å²) in [5.74, 6) is -0.275. The van der Waals surface area contributed by atoms with Crippen molar-refractivity contribution < 1.29 is 9.59 Å². The first-order valence-electron chi connectivity index (χ1n) is 4.87. The molecule has 0 N–H and O–H groups in total. The number of ketones is 2. The van der Waals surface area contributed by atoms with Gasteiger partial charge in [-0.15, -0.1) is 0 Å². The molecule has 0 amide bonds. The number of carbonyl (C=O) groups is 2. The fourth-order valence-electron chi connectivity index (χ4n) is 1.42. The van der Waals surface area contributed by atoms with Gasteiger partial charge < -0.3 is 0 Å². The summed E-state index contributed by atoms with van der Waals surface area (Å²) >= 11 is -1.67. The van der Waals surface area contributed by atoms with Crippen LogP contribution in [0.5, 0.6) is 0 Å². The van der Waals surface area contributed by atoms with E-state index in [1.165, 1.54) is 13.8 Å². The number of hydrogen-bond donors (Lipinski definition) is 0. The van der Waals surface area contributed by atoms with E-state index in [2.05, 4.69) is 6.58 Å². The molecule has 0 aromatic heterocycles. The number of hydrogen-bond acceptors (Lipinski definition) is 2. The SMILES string of the molecule is C=C[Se](=C(C(C)=O)C(C)=O)c1ccccc1. The van der Waals surface area contributed by atoms with Crippen molar-refractivity contribution >= 4 is 33.9 Å².